The number of pyridine rings is 1. The number of alkyl halides is 2. The highest BCUT2D eigenvalue weighted by Crippen LogP contribution is 2.26. The predicted molar refractivity (Wildman–Crippen MR) is 45.1 cm³/mol. The summed E-state index contributed by atoms with van der Waals surface area (Å²) in [6.45, 7) is 1.35. The van der Waals surface area contributed by atoms with Crippen molar-refractivity contribution in [2.75, 3.05) is 6.61 Å². The molecule has 16 heavy (non-hydrogen) atoms. The van der Waals surface area contributed by atoms with Gasteiger partial charge in [0.2, 0.25) is 11.9 Å². The summed E-state index contributed by atoms with van der Waals surface area (Å²) < 4.78 is 54.8. The Morgan fingerprint density at radius 2 is 2.12 bits per heavy atom. The zero-order chi connectivity index (χ0) is 12.3. The first-order valence-electron chi connectivity index (χ1n) is 4.28. The molecule has 0 radical (unpaired) electrons. The smallest absolute Gasteiger partial charge is 0.338 e. The molecule has 7 heteroatoms. The maximum atomic E-state index is 12.9. The normalized spacial score (nSPS) is 10.6. The second kappa shape index (κ2) is 4.91. The zero-order valence-corrected chi connectivity index (χ0v) is 8.14. The van der Waals surface area contributed by atoms with Gasteiger partial charge in [0, 0.05) is 6.07 Å². The van der Waals surface area contributed by atoms with E-state index in [1.807, 2.05) is 0 Å². The third-order valence-electron chi connectivity index (χ3n) is 1.69. The van der Waals surface area contributed by atoms with Gasteiger partial charge in [-0.15, -0.1) is 0 Å². The van der Waals surface area contributed by atoms with Crippen molar-refractivity contribution < 1.29 is 27.1 Å². The van der Waals surface area contributed by atoms with Gasteiger partial charge in [-0.25, -0.2) is 13.6 Å². The van der Waals surface area contributed by atoms with Crippen LogP contribution in [0, 0.1) is 11.9 Å². The molecule has 1 aromatic rings. The first-order chi connectivity index (χ1) is 7.47. The maximum Gasteiger partial charge on any atom is 0.338 e. The van der Waals surface area contributed by atoms with E-state index in [1.165, 1.54) is 6.92 Å². The first-order valence-corrected chi connectivity index (χ1v) is 4.28. The Bertz CT molecular complexity index is 409. The van der Waals surface area contributed by atoms with Crippen LogP contribution in [-0.2, 0) is 4.74 Å². The van der Waals surface area contributed by atoms with Crippen molar-refractivity contribution in [1.82, 2.24) is 4.98 Å². The Balaban J connectivity index is 3.29. The molecule has 0 aliphatic carbocycles. The third kappa shape index (κ3) is 2.47. The largest absolute Gasteiger partial charge is 0.462 e. The van der Waals surface area contributed by atoms with E-state index in [0.717, 1.165) is 0 Å². The van der Waals surface area contributed by atoms with E-state index in [0.29, 0.717) is 6.07 Å². The number of hydrogen-bond acceptors (Lipinski definition) is 3. The van der Waals surface area contributed by atoms with Crippen molar-refractivity contribution in [3.05, 3.63) is 29.1 Å². The molecular weight excluding hydrogens is 230 g/mol. The van der Waals surface area contributed by atoms with Crippen molar-refractivity contribution in [3.63, 3.8) is 0 Å². The fourth-order valence-corrected chi connectivity index (χ4v) is 1.08. The van der Waals surface area contributed by atoms with E-state index >= 15 is 0 Å². The van der Waals surface area contributed by atoms with Gasteiger partial charge in [0.25, 0.3) is 6.43 Å². The molecule has 1 aromatic heterocycles. The van der Waals surface area contributed by atoms with Gasteiger partial charge in [0.05, 0.1) is 17.7 Å². The molecule has 0 bridgehead atoms. The molecule has 1 heterocycles. The molecule has 0 saturated heterocycles. The molecule has 0 aliphatic rings. The monoisotopic (exact) mass is 237 g/mol. The number of aromatic nitrogens is 1. The summed E-state index contributed by atoms with van der Waals surface area (Å²) in [7, 11) is 0. The van der Waals surface area contributed by atoms with Crippen molar-refractivity contribution in [1.29, 1.82) is 0 Å². The Labute approximate surface area is 88.0 Å². The molecule has 0 amide bonds. The highest BCUT2D eigenvalue weighted by molar-refractivity contribution is 5.91. The van der Waals surface area contributed by atoms with Crippen LogP contribution in [0.15, 0.2) is 6.07 Å². The average molecular weight is 237 g/mol. The van der Waals surface area contributed by atoms with E-state index in [9.17, 15) is 22.4 Å². The molecule has 0 unspecified atom stereocenters. The second-order valence-electron chi connectivity index (χ2n) is 2.72. The van der Waals surface area contributed by atoms with Crippen molar-refractivity contribution in [2.24, 2.45) is 0 Å². The molecule has 0 aromatic carbocycles. The molecule has 0 spiro atoms. The highest BCUT2D eigenvalue weighted by atomic mass is 19.3. The molecule has 0 atom stereocenters. The molecule has 0 N–H and O–H groups in total. The van der Waals surface area contributed by atoms with Gasteiger partial charge in [-0.1, -0.05) is 0 Å². The van der Waals surface area contributed by atoms with Crippen LogP contribution in [0.2, 0.25) is 0 Å². The summed E-state index contributed by atoms with van der Waals surface area (Å²) in [5, 5.41) is 0. The third-order valence-corrected chi connectivity index (χ3v) is 1.69. The number of ether oxygens (including phenoxy) is 1. The molecule has 0 saturated carbocycles. The van der Waals surface area contributed by atoms with Gasteiger partial charge in [0.15, 0.2) is 0 Å². The lowest BCUT2D eigenvalue weighted by atomic mass is 10.1. The Morgan fingerprint density at radius 3 is 2.62 bits per heavy atom. The summed E-state index contributed by atoms with van der Waals surface area (Å²) in [5.74, 6) is -4.28. The van der Waals surface area contributed by atoms with Gasteiger partial charge in [-0.2, -0.15) is 13.8 Å². The van der Waals surface area contributed by atoms with Crippen LogP contribution in [0.5, 0.6) is 0 Å². The lowest BCUT2D eigenvalue weighted by molar-refractivity contribution is 0.0511. The predicted octanol–water partition coefficient (Wildman–Crippen LogP) is 2.47. The number of nitrogens with zero attached hydrogens (tertiary/aromatic N) is 1. The number of esters is 1. The lowest BCUT2D eigenvalue weighted by Crippen LogP contribution is -2.12. The summed E-state index contributed by atoms with van der Waals surface area (Å²) in [6.07, 6.45) is -3.27. The summed E-state index contributed by atoms with van der Waals surface area (Å²) in [6, 6.07) is 0.419. The Hall–Kier alpha value is -1.66. The van der Waals surface area contributed by atoms with E-state index in [1.54, 1.807) is 0 Å². The van der Waals surface area contributed by atoms with Gasteiger partial charge in [0.1, 0.15) is 0 Å². The van der Waals surface area contributed by atoms with Gasteiger partial charge < -0.3 is 4.74 Å². The van der Waals surface area contributed by atoms with Crippen molar-refractivity contribution >= 4 is 5.97 Å². The van der Waals surface area contributed by atoms with Crippen LogP contribution in [0.4, 0.5) is 17.6 Å². The molecule has 0 fully saturated rings. The molecule has 3 nitrogen and oxygen atoms in total. The molecule has 0 aliphatic heterocycles. The molecule has 88 valence electrons. The molecular formula is C9H7F4NO2. The van der Waals surface area contributed by atoms with E-state index in [4.69, 9.17) is 0 Å². The van der Waals surface area contributed by atoms with Gasteiger partial charge in [-0.05, 0) is 6.92 Å². The second-order valence-corrected chi connectivity index (χ2v) is 2.72. The fraction of sp³-hybridized carbons (Fsp3) is 0.333. The van der Waals surface area contributed by atoms with Crippen LogP contribution in [0.25, 0.3) is 0 Å². The molecule has 1 rings (SSSR count). The van der Waals surface area contributed by atoms with E-state index < -0.39 is 35.4 Å². The average Bonchev–Trinajstić information content (AvgIpc) is 2.15. The zero-order valence-electron chi connectivity index (χ0n) is 8.14. The highest BCUT2D eigenvalue weighted by Gasteiger charge is 2.26. The van der Waals surface area contributed by atoms with Crippen molar-refractivity contribution in [2.45, 2.75) is 13.3 Å². The van der Waals surface area contributed by atoms with Crippen LogP contribution in [0.1, 0.15) is 29.3 Å². The minimum absolute atomic E-state index is 0.0902. The van der Waals surface area contributed by atoms with Crippen LogP contribution < -0.4 is 0 Å². The Kier molecular flexibility index (Phi) is 3.81. The number of hydrogen-bond donors (Lipinski definition) is 0. The number of rotatable bonds is 3. The summed E-state index contributed by atoms with van der Waals surface area (Å²) >= 11 is 0. The van der Waals surface area contributed by atoms with Crippen LogP contribution >= 0.6 is 0 Å². The van der Waals surface area contributed by atoms with Crippen LogP contribution in [-0.4, -0.2) is 17.6 Å². The van der Waals surface area contributed by atoms with E-state index in [2.05, 4.69) is 9.72 Å². The quantitative estimate of drug-likeness (QED) is 0.460. The number of carbonyl (C=O) groups excluding carboxylic acids is 1. The topological polar surface area (TPSA) is 39.2 Å². The van der Waals surface area contributed by atoms with Crippen LogP contribution in [0.3, 0.4) is 0 Å². The number of halogens is 4. The fourth-order valence-electron chi connectivity index (χ4n) is 1.08. The van der Waals surface area contributed by atoms with E-state index in [-0.39, 0.29) is 6.61 Å². The van der Waals surface area contributed by atoms with Gasteiger partial charge >= 0.3 is 5.97 Å². The lowest BCUT2D eigenvalue weighted by Gasteiger charge is -2.08. The van der Waals surface area contributed by atoms with Gasteiger partial charge in [-0.3, -0.25) is 0 Å². The SMILES string of the molecule is CCOC(=O)c1cc(F)nc(F)c1C(F)F. The standard InChI is InChI=1S/C9H7F4NO2/c1-2-16-9(15)4-3-5(10)14-8(13)6(4)7(11)12/h3,7H,2H2,1H3. The minimum atomic E-state index is -3.27. The summed E-state index contributed by atoms with van der Waals surface area (Å²) in [4.78, 5) is 13.7. The summed E-state index contributed by atoms with van der Waals surface area (Å²) in [5.41, 5.74) is -2.10. The number of carbonyl (C=O) groups is 1. The Morgan fingerprint density at radius 1 is 1.50 bits per heavy atom. The maximum absolute atomic E-state index is 12.9. The first kappa shape index (κ1) is 12.4. The minimum Gasteiger partial charge on any atom is -0.462 e. The van der Waals surface area contributed by atoms with Crippen molar-refractivity contribution in [3.8, 4) is 0 Å².